The predicted octanol–water partition coefficient (Wildman–Crippen LogP) is 3.66. The van der Waals surface area contributed by atoms with E-state index in [0.717, 1.165) is 23.3 Å². The summed E-state index contributed by atoms with van der Waals surface area (Å²) in [5.74, 6) is 0.180. The van der Waals surface area contributed by atoms with Gasteiger partial charge in [-0.15, -0.1) is 0 Å². The second-order valence-corrected chi connectivity index (χ2v) is 7.99. The molecule has 2 N–H and O–H groups in total. The van der Waals surface area contributed by atoms with Gasteiger partial charge in [0, 0.05) is 12.0 Å². The summed E-state index contributed by atoms with van der Waals surface area (Å²) in [5, 5.41) is 13.3. The second-order valence-electron chi connectivity index (χ2n) is 7.99. The van der Waals surface area contributed by atoms with Gasteiger partial charge in [-0.3, -0.25) is 14.5 Å². The summed E-state index contributed by atoms with van der Waals surface area (Å²) in [6.45, 7) is 3.57. The Bertz CT molecular complexity index is 945. The van der Waals surface area contributed by atoms with Crippen molar-refractivity contribution in [3.63, 3.8) is 0 Å². The van der Waals surface area contributed by atoms with E-state index in [0.29, 0.717) is 24.2 Å². The lowest BCUT2D eigenvalue weighted by molar-refractivity contribution is -0.133. The molecule has 7 nitrogen and oxygen atoms in total. The predicted molar refractivity (Wildman–Crippen MR) is 120 cm³/mol. The van der Waals surface area contributed by atoms with E-state index in [1.54, 1.807) is 31.2 Å². The Balaban J connectivity index is 1.65. The van der Waals surface area contributed by atoms with Crippen LogP contribution in [0.3, 0.4) is 0 Å². The van der Waals surface area contributed by atoms with Gasteiger partial charge in [-0.05, 0) is 36.2 Å². The van der Waals surface area contributed by atoms with Gasteiger partial charge in [-0.1, -0.05) is 57.0 Å². The van der Waals surface area contributed by atoms with Gasteiger partial charge in [0.1, 0.15) is 24.0 Å². The van der Waals surface area contributed by atoms with Crippen LogP contribution >= 0.6 is 0 Å². The number of Topliss-reactive ketones (excluding diaryl/α,β-unsaturated/α-hetero) is 1. The molecule has 0 aromatic heterocycles. The molecule has 7 heteroatoms. The van der Waals surface area contributed by atoms with Crippen LogP contribution in [0.25, 0.3) is 0 Å². The monoisotopic (exact) mass is 438 g/mol. The van der Waals surface area contributed by atoms with E-state index >= 15 is 0 Å². The second kappa shape index (κ2) is 10.4. The number of nitrogens with zero attached hydrogens (tertiary/aromatic N) is 1. The van der Waals surface area contributed by atoms with Crippen LogP contribution in [0, 0.1) is 0 Å². The standard InChI is InChI=1S/C25H30N2O5/c1-3-5-15-25(19-9-7-6-8-10-19)23(30)27(24(31)26-25)16-20(28)17-32-21-13-11-18(12-14-21)22(29)4-2/h6-14,20,28H,3-5,15-17H2,1-2H3,(H,26,31). The Morgan fingerprint density at radius 2 is 1.78 bits per heavy atom. The summed E-state index contributed by atoms with van der Waals surface area (Å²) in [5.41, 5.74) is 0.224. The Morgan fingerprint density at radius 3 is 2.41 bits per heavy atom. The van der Waals surface area contributed by atoms with E-state index in [9.17, 15) is 19.5 Å². The Labute approximate surface area is 188 Å². The van der Waals surface area contributed by atoms with Gasteiger partial charge < -0.3 is 15.2 Å². The molecule has 1 heterocycles. The van der Waals surface area contributed by atoms with Crippen molar-refractivity contribution in [1.29, 1.82) is 0 Å². The summed E-state index contributed by atoms with van der Waals surface area (Å²) >= 11 is 0. The van der Waals surface area contributed by atoms with Crippen molar-refractivity contribution in [2.45, 2.75) is 51.2 Å². The van der Waals surface area contributed by atoms with Crippen molar-refractivity contribution in [2.75, 3.05) is 13.2 Å². The number of nitrogens with one attached hydrogen (secondary N) is 1. The molecule has 3 rings (SSSR count). The first kappa shape index (κ1) is 23.5. The van der Waals surface area contributed by atoms with Crippen LogP contribution in [0.2, 0.25) is 0 Å². The van der Waals surface area contributed by atoms with Crippen LogP contribution < -0.4 is 10.1 Å². The van der Waals surface area contributed by atoms with E-state index in [1.807, 2.05) is 37.3 Å². The van der Waals surface area contributed by atoms with Crippen LogP contribution in [-0.4, -0.2) is 47.0 Å². The SMILES string of the molecule is CCCCC1(c2ccccc2)NC(=O)N(CC(O)COc2ccc(C(=O)CC)cc2)C1=O. The first-order chi connectivity index (χ1) is 15.4. The molecule has 0 spiro atoms. The highest BCUT2D eigenvalue weighted by molar-refractivity contribution is 6.07. The third kappa shape index (κ3) is 4.99. The maximum absolute atomic E-state index is 13.3. The van der Waals surface area contributed by atoms with Gasteiger partial charge in [0.2, 0.25) is 0 Å². The molecule has 3 amide bonds. The molecular weight excluding hydrogens is 408 g/mol. The molecule has 2 aromatic carbocycles. The number of β-amino-alcohol motifs (C(OH)–C–C–N with tert-alkyl or cyclic N) is 1. The molecule has 1 saturated heterocycles. The van der Waals surface area contributed by atoms with Crippen molar-refractivity contribution in [3.8, 4) is 5.75 Å². The maximum Gasteiger partial charge on any atom is 0.325 e. The zero-order valence-electron chi connectivity index (χ0n) is 18.5. The fraction of sp³-hybridized carbons (Fsp3) is 0.400. The lowest BCUT2D eigenvalue weighted by Gasteiger charge is -2.27. The first-order valence-corrected chi connectivity index (χ1v) is 11.0. The van der Waals surface area contributed by atoms with Crippen molar-refractivity contribution in [3.05, 3.63) is 65.7 Å². The van der Waals surface area contributed by atoms with Gasteiger partial charge in [0.05, 0.1) is 6.54 Å². The minimum atomic E-state index is -1.11. The molecule has 1 aliphatic rings. The fourth-order valence-corrected chi connectivity index (χ4v) is 3.86. The van der Waals surface area contributed by atoms with Crippen LogP contribution in [0.5, 0.6) is 5.75 Å². The highest BCUT2D eigenvalue weighted by atomic mass is 16.5. The number of carbonyl (C=O) groups is 3. The zero-order chi connectivity index (χ0) is 23.1. The summed E-state index contributed by atoms with van der Waals surface area (Å²) in [7, 11) is 0. The summed E-state index contributed by atoms with van der Waals surface area (Å²) in [6.07, 6.45) is 1.52. The van der Waals surface area contributed by atoms with Crippen molar-refractivity contribution < 1.29 is 24.2 Å². The minimum absolute atomic E-state index is 0.0418. The van der Waals surface area contributed by atoms with Crippen molar-refractivity contribution in [1.82, 2.24) is 10.2 Å². The molecule has 2 unspecified atom stereocenters. The highest BCUT2D eigenvalue weighted by Gasteiger charge is 2.52. The molecule has 2 aromatic rings. The largest absolute Gasteiger partial charge is 0.491 e. The zero-order valence-corrected chi connectivity index (χ0v) is 18.5. The van der Waals surface area contributed by atoms with Crippen LogP contribution in [-0.2, 0) is 10.3 Å². The molecule has 0 radical (unpaired) electrons. The average Bonchev–Trinajstić information content (AvgIpc) is 3.06. The number of ketones is 1. The van der Waals surface area contributed by atoms with Gasteiger partial charge in [0.15, 0.2) is 5.78 Å². The Morgan fingerprint density at radius 1 is 1.09 bits per heavy atom. The third-order valence-corrected chi connectivity index (χ3v) is 5.68. The smallest absolute Gasteiger partial charge is 0.325 e. The quantitative estimate of drug-likeness (QED) is 0.412. The van der Waals surface area contributed by atoms with E-state index < -0.39 is 17.7 Å². The van der Waals surface area contributed by atoms with Gasteiger partial charge in [0.25, 0.3) is 5.91 Å². The van der Waals surface area contributed by atoms with Crippen LogP contribution in [0.1, 0.15) is 55.5 Å². The molecule has 1 fully saturated rings. The first-order valence-electron chi connectivity index (χ1n) is 11.0. The normalized spacial score (nSPS) is 19.0. The Hall–Kier alpha value is -3.19. The molecule has 1 aliphatic heterocycles. The van der Waals surface area contributed by atoms with E-state index in [1.165, 1.54) is 0 Å². The molecular formula is C25H30N2O5. The number of benzene rings is 2. The number of ether oxygens (including phenoxy) is 1. The number of unbranched alkanes of at least 4 members (excludes halogenated alkanes) is 1. The van der Waals surface area contributed by atoms with Crippen molar-refractivity contribution >= 4 is 17.7 Å². The number of imide groups is 1. The number of carbonyl (C=O) groups excluding carboxylic acids is 3. The number of rotatable bonds is 11. The molecule has 170 valence electrons. The molecule has 2 atom stereocenters. The van der Waals surface area contributed by atoms with Crippen LogP contribution in [0.4, 0.5) is 4.79 Å². The van der Waals surface area contributed by atoms with E-state index in [2.05, 4.69) is 5.32 Å². The van der Waals surface area contributed by atoms with E-state index in [-0.39, 0.29) is 24.8 Å². The number of hydrogen-bond donors (Lipinski definition) is 2. The number of amides is 3. The van der Waals surface area contributed by atoms with Crippen molar-refractivity contribution in [2.24, 2.45) is 0 Å². The minimum Gasteiger partial charge on any atom is -0.491 e. The fourth-order valence-electron chi connectivity index (χ4n) is 3.86. The Kier molecular flexibility index (Phi) is 7.64. The van der Waals surface area contributed by atoms with Gasteiger partial charge >= 0.3 is 6.03 Å². The number of urea groups is 1. The molecule has 0 aliphatic carbocycles. The lowest BCUT2D eigenvalue weighted by atomic mass is 9.85. The highest BCUT2D eigenvalue weighted by Crippen LogP contribution is 2.34. The lowest BCUT2D eigenvalue weighted by Crippen LogP contribution is -2.45. The molecule has 32 heavy (non-hydrogen) atoms. The average molecular weight is 439 g/mol. The number of aliphatic hydroxyl groups excluding tert-OH is 1. The number of hydrogen-bond acceptors (Lipinski definition) is 5. The van der Waals surface area contributed by atoms with E-state index in [4.69, 9.17) is 4.74 Å². The maximum atomic E-state index is 13.3. The van der Waals surface area contributed by atoms with Gasteiger partial charge in [-0.2, -0.15) is 0 Å². The molecule has 0 bridgehead atoms. The number of aliphatic hydroxyl groups is 1. The summed E-state index contributed by atoms with van der Waals surface area (Å²) in [4.78, 5) is 38.8. The molecule has 0 saturated carbocycles. The third-order valence-electron chi connectivity index (χ3n) is 5.68. The van der Waals surface area contributed by atoms with Crippen LogP contribution in [0.15, 0.2) is 54.6 Å². The summed E-state index contributed by atoms with van der Waals surface area (Å²) < 4.78 is 5.59. The van der Waals surface area contributed by atoms with Gasteiger partial charge in [-0.25, -0.2) is 4.79 Å². The topological polar surface area (TPSA) is 95.9 Å². The summed E-state index contributed by atoms with van der Waals surface area (Å²) in [6, 6.07) is 15.4.